The first-order valence-corrected chi connectivity index (χ1v) is 18.6. The number of hydrogen-bond acceptors (Lipinski definition) is 12. The van der Waals surface area contributed by atoms with Crippen molar-refractivity contribution < 1.29 is 58.5 Å². The minimum atomic E-state index is -1.64. The summed E-state index contributed by atoms with van der Waals surface area (Å²) in [5, 5.41) is 41.5. The highest BCUT2D eigenvalue weighted by Crippen LogP contribution is 2.21. The molecular weight excluding hydrogens is 750 g/mol. The van der Waals surface area contributed by atoms with Crippen molar-refractivity contribution in [2.24, 2.45) is 23.1 Å². The summed E-state index contributed by atoms with van der Waals surface area (Å²) in [5.41, 5.74) is 16.6. The molecule has 21 nitrogen and oxygen atoms in total. The predicted octanol–water partition coefficient (Wildman–Crippen LogP) is -3.65. The van der Waals surface area contributed by atoms with Crippen LogP contribution in [0.4, 0.5) is 0 Å². The number of hydrogen-bond donors (Lipinski definition) is 11. The number of phenols is 1. The van der Waals surface area contributed by atoms with Crippen LogP contribution in [-0.4, -0.2) is 129 Å². The second-order valence-corrected chi connectivity index (χ2v) is 14.0. The molecule has 0 bridgehead atoms. The number of aliphatic carboxylic acids is 1. The van der Waals surface area contributed by atoms with Crippen LogP contribution in [-0.2, 0) is 49.6 Å². The van der Waals surface area contributed by atoms with E-state index in [1.165, 1.54) is 36.1 Å². The standard InChI is InChI=1S/C36H55N9O12/c1-4-18(2)29(34(54)42-24(36(56)57)16-20-7-9-21(47)10-8-20)44-33(53)26-6-5-15-45(26)35(55)23(12-14-28(39)49)41-32(52)25(17-46)43-30(50)19(3)40-31(51)22(37)11-13-27(38)48/h7-10,18-19,22-26,29,46-47H,4-6,11-17,37H2,1-3H3,(H2,38,48)(H2,39,49)(H,40,51)(H,41,52)(H,42,54)(H,43,50)(H,44,53)(H,56,57)/t18-,19-,22-,23-,24-,25-,26-,29-/m0/s1. The van der Waals surface area contributed by atoms with Crippen molar-refractivity contribution in [1.82, 2.24) is 31.5 Å². The lowest BCUT2D eigenvalue weighted by Crippen LogP contribution is -2.60. The van der Waals surface area contributed by atoms with Gasteiger partial charge in [0, 0.05) is 25.8 Å². The van der Waals surface area contributed by atoms with Gasteiger partial charge in [0.05, 0.1) is 12.6 Å². The van der Waals surface area contributed by atoms with Crippen LogP contribution < -0.4 is 43.8 Å². The summed E-state index contributed by atoms with van der Waals surface area (Å²) in [7, 11) is 0. The Bertz CT molecular complexity index is 1630. The number of aromatic hydroxyl groups is 1. The molecule has 2 rings (SSSR count). The second-order valence-electron chi connectivity index (χ2n) is 14.0. The minimum absolute atomic E-state index is 0.0230. The molecule has 21 heteroatoms. The number of rotatable bonds is 23. The topological polar surface area (TPSA) is 356 Å². The molecule has 316 valence electrons. The van der Waals surface area contributed by atoms with Crippen LogP contribution in [0.25, 0.3) is 0 Å². The highest BCUT2D eigenvalue weighted by molar-refractivity contribution is 5.97. The molecule has 8 amide bonds. The van der Waals surface area contributed by atoms with Crippen LogP contribution in [0.5, 0.6) is 5.75 Å². The number of carboxylic acid groups (broad SMARTS) is 1. The Hall–Kier alpha value is -5.83. The number of carbonyl (C=O) groups is 9. The lowest BCUT2D eigenvalue weighted by molar-refractivity contribution is -0.144. The van der Waals surface area contributed by atoms with Gasteiger partial charge < -0.3 is 64.0 Å². The predicted molar refractivity (Wildman–Crippen MR) is 201 cm³/mol. The monoisotopic (exact) mass is 805 g/mol. The molecule has 1 aliphatic heterocycles. The molecule has 57 heavy (non-hydrogen) atoms. The third-order valence-corrected chi connectivity index (χ3v) is 9.52. The molecule has 0 spiro atoms. The van der Waals surface area contributed by atoms with Crippen LogP contribution in [0.15, 0.2) is 24.3 Å². The van der Waals surface area contributed by atoms with Crippen molar-refractivity contribution in [3.8, 4) is 5.75 Å². The van der Waals surface area contributed by atoms with Gasteiger partial charge in [-0.15, -0.1) is 0 Å². The third-order valence-electron chi connectivity index (χ3n) is 9.52. The fraction of sp³-hybridized carbons (Fsp3) is 0.583. The third kappa shape index (κ3) is 15.0. The van der Waals surface area contributed by atoms with E-state index in [1.807, 2.05) is 0 Å². The summed E-state index contributed by atoms with van der Waals surface area (Å²) in [6, 6.07) is -3.48. The molecule has 0 aromatic heterocycles. The van der Waals surface area contributed by atoms with Gasteiger partial charge in [-0.05, 0) is 56.2 Å². The number of phenolic OH excluding ortho intramolecular Hbond substituents is 1. The number of nitrogens with two attached hydrogens (primary N) is 3. The Balaban J connectivity index is 2.19. The lowest BCUT2D eigenvalue weighted by atomic mass is 9.96. The van der Waals surface area contributed by atoms with E-state index in [0.717, 1.165) is 0 Å². The Kier molecular flexibility index (Phi) is 18.8. The van der Waals surface area contributed by atoms with E-state index >= 15 is 0 Å². The average Bonchev–Trinajstić information content (AvgIpc) is 3.66. The van der Waals surface area contributed by atoms with Crippen LogP contribution in [0.2, 0.25) is 0 Å². The Morgan fingerprint density at radius 3 is 1.93 bits per heavy atom. The first-order valence-electron chi connectivity index (χ1n) is 18.6. The quantitative estimate of drug-likeness (QED) is 0.0509. The normalized spacial score (nSPS) is 17.4. The number of nitrogens with one attached hydrogen (secondary N) is 5. The Morgan fingerprint density at radius 1 is 0.789 bits per heavy atom. The number of primary amides is 2. The van der Waals surface area contributed by atoms with E-state index in [1.54, 1.807) is 13.8 Å². The van der Waals surface area contributed by atoms with Crippen molar-refractivity contribution in [1.29, 1.82) is 0 Å². The largest absolute Gasteiger partial charge is 0.508 e. The maximum atomic E-state index is 13.9. The van der Waals surface area contributed by atoms with Crippen molar-refractivity contribution in [3.63, 3.8) is 0 Å². The number of nitrogens with zero attached hydrogens (tertiary/aromatic N) is 1. The van der Waals surface area contributed by atoms with E-state index in [0.29, 0.717) is 18.4 Å². The average molecular weight is 806 g/mol. The summed E-state index contributed by atoms with van der Waals surface area (Å²) >= 11 is 0. The molecule has 0 aliphatic carbocycles. The van der Waals surface area contributed by atoms with Crippen molar-refractivity contribution >= 4 is 53.2 Å². The van der Waals surface area contributed by atoms with E-state index in [9.17, 15) is 58.5 Å². The number of carbonyl (C=O) groups excluding carboxylic acids is 8. The molecular formula is C36H55N9O12. The van der Waals surface area contributed by atoms with Crippen LogP contribution in [0, 0.1) is 5.92 Å². The fourth-order valence-electron chi connectivity index (χ4n) is 5.91. The number of aliphatic hydroxyl groups is 1. The zero-order valence-corrected chi connectivity index (χ0v) is 32.2. The highest BCUT2D eigenvalue weighted by Gasteiger charge is 2.40. The molecule has 0 unspecified atom stereocenters. The molecule has 0 saturated carbocycles. The zero-order valence-electron chi connectivity index (χ0n) is 32.2. The first kappa shape index (κ1) is 47.3. The molecule has 8 atom stereocenters. The van der Waals surface area contributed by atoms with Crippen molar-refractivity contribution in [2.75, 3.05) is 13.2 Å². The van der Waals surface area contributed by atoms with E-state index in [4.69, 9.17) is 17.2 Å². The molecule has 1 saturated heterocycles. The van der Waals surface area contributed by atoms with Gasteiger partial charge in [0.15, 0.2) is 0 Å². The molecule has 14 N–H and O–H groups in total. The molecule has 1 aliphatic rings. The molecule has 1 fully saturated rings. The Labute approximate surface area is 329 Å². The molecule has 1 heterocycles. The smallest absolute Gasteiger partial charge is 0.326 e. The molecule has 1 aromatic carbocycles. The van der Waals surface area contributed by atoms with Gasteiger partial charge in [-0.25, -0.2) is 4.79 Å². The molecule has 0 radical (unpaired) electrons. The fourth-order valence-corrected chi connectivity index (χ4v) is 5.91. The number of likely N-dealkylation sites (tertiary alicyclic amines) is 1. The maximum Gasteiger partial charge on any atom is 0.326 e. The summed E-state index contributed by atoms with van der Waals surface area (Å²) in [6.45, 7) is 3.82. The van der Waals surface area contributed by atoms with Gasteiger partial charge in [-0.1, -0.05) is 32.4 Å². The minimum Gasteiger partial charge on any atom is -0.508 e. The Morgan fingerprint density at radius 2 is 1.37 bits per heavy atom. The van der Waals surface area contributed by atoms with Gasteiger partial charge in [-0.3, -0.25) is 38.4 Å². The second kappa shape index (κ2) is 22.7. The zero-order chi connectivity index (χ0) is 43.0. The summed E-state index contributed by atoms with van der Waals surface area (Å²) in [5.74, 6) is -8.34. The van der Waals surface area contributed by atoms with Crippen LogP contribution in [0.1, 0.15) is 71.3 Å². The first-order chi connectivity index (χ1) is 26.8. The number of benzene rings is 1. The van der Waals surface area contributed by atoms with E-state index in [2.05, 4.69) is 26.6 Å². The molecule has 1 aromatic rings. The van der Waals surface area contributed by atoms with Gasteiger partial charge in [0.1, 0.15) is 42.0 Å². The number of aliphatic hydroxyl groups excluding tert-OH is 1. The van der Waals surface area contributed by atoms with Crippen molar-refractivity contribution in [3.05, 3.63) is 29.8 Å². The summed E-state index contributed by atoms with van der Waals surface area (Å²) in [6.07, 6.45) is -0.149. The van der Waals surface area contributed by atoms with Crippen LogP contribution >= 0.6 is 0 Å². The van der Waals surface area contributed by atoms with E-state index < -0.39 is 108 Å². The van der Waals surface area contributed by atoms with Gasteiger partial charge in [-0.2, -0.15) is 0 Å². The highest BCUT2D eigenvalue weighted by atomic mass is 16.4. The van der Waals surface area contributed by atoms with E-state index in [-0.39, 0.29) is 50.8 Å². The van der Waals surface area contributed by atoms with Gasteiger partial charge in [0.2, 0.25) is 47.3 Å². The van der Waals surface area contributed by atoms with Gasteiger partial charge >= 0.3 is 5.97 Å². The summed E-state index contributed by atoms with van der Waals surface area (Å²) in [4.78, 5) is 116. The lowest BCUT2D eigenvalue weighted by Gasteiger charge is -2.31. The maximum absolute atomic E-state index is 13.9. The number of amides is 8. The summed E-state index contributed by atoms with van der Waals surface area (Å²) < 4.78 is 0. The number of carboxylic acids is 1. The van der Waals surface area contributed by atoms with Gasteiger partial charge in [0.25, 0.3) is 0 Å². The van der Waals surface area contributed by atoms with Crippen LogP contribution in [0.3, 0.4) is 0 Å². The SMILES string of the molecule is CC[C@H](C)[C@H](NC(=O)[C@@H]1CCCN1C(=O)[C@H](CCC(N)=O)NC(=O)[C@H](CO)NC(=O)[C@H](C)NC(=O)[C@@H](N)CCC(N)=O)C(=O)N[C@@H](Cc1ccc(O)cc1)C(=O)O. The van der Waals surface area contributed by atoms with Crippen molar-refractivity contribution in [2.45, 2.75) is 114 Å².